The summed E-state index contributed by atoms with van der Waals surface area (Å²) < 4.78 is 0. The highest BCUT2D eigenvalue weighted by atomic mass is 16.2. The van der Waals surface area contributed by atoms with Gasteiger partial charge in [-0.3, -0.25) is 9.59 Å². The van der Waals surface area contributed by atoms with Crippen LogP contribution >= 0.6 is 0 Å². The number of carbonyl (C=O) groups is 2. The summed E-state index contributed by atoms with van der Waals surface area (Å²) in [5.74, 6) is -0.0463. The van der Waals surface area contributed by atoms with Gasteiger partial charge in [-0.1, -0.05) is 39.8 Å². The Labute approximate surface area is 133 Å². The molecule has 0 saturated carbocycles. The number of benzene rings is 1. The lowest BCUT2D eigenvalue weighted by Crippen LogP contribution is -2.32. The van der Waals surface area contributed by atoms with Gasteiger partial charge >= 0.3 is 0 Å². The van der Waals surface area contributed by atoms with Crippen LogP contribution in [-0.4, -0.2) is 29.8 Å². The van der Waals surface area contributed by atoms with Gasteiger partial charge < -0.3 is 10.2 Å². The second-order valence-electron chi connectivity index (χ2n) is 6.63. The summed E-state index contributed by atoms with van der Waals surface area (Å²) in [6, 6.07) is 7.92. The molecular weight excluding hydrogens is 276 g/mol. The molecule has 0 aromatic heterocycles. The molecule has 122 valence electrons. The van der Waals surface area contributed by atoms with Crippen molar-refractivity contribution in [2.24, 2.45) is 0 Å². The average molecular weight is 304 g/mol. The summed E-state index contributed by atoms with van der Waals surface area (Å²) in [4.78, 5) is 25.1. The van der Waals surface area contributed by atoms with Crippen molar-refractivity contribution in [2.45, 2.75) is 52.9 Å². The molecule has 0 bridgehead atoms. The summed E-state index contributed by atoms with van der Waals surface area (Å²) in [6.45, 7) is 11.2. The highest BCUT2D eigenvalue weighted by Gasteiger charge is 2.14. The Morgan fingerprint density at radius 3 is 2.14 bits per heavy atom. The lowest BCUT2D eigenvalue weighted by Gasteiger charge is -2.20. The van der Waals surface area contributed by atoms with Gasteiger partial charge in [-0.2, -0.15) is 0 Å². The molecule has 0 aliphatic carbocycles. The Bertz CT molecular complexity index is 501. The fraction of sp³-hybridized carbons (Fsp3) is 0.556. The minimum Gasteiger partial charge on any atom is -0.342 e. The standard InChI is InChI=1S/C18H28N2O2/c1-6-12-20(14(2)21)13-11-17(22)19-16-9-7-15(8-10-16)18(3,4)5/h7-10H,6,11-13H2,1-5H3,(H,19,22). The molecular formula is C18H28N2O2. The molecule has 0 atom stereocenters. The monoisotopic (exact) mass is 304 g/mol. The van der Waals surface area contributed by atoms with E-state index in [0.29, 0.717) is 19.5 Å². The highest BCUT2D eigenvalue weighted by molar-refractivity contribution is 5.91. The van der Waals surface area contributed by atoms with Gasteiger partial charge in [0.2, 0.25) is 11.8 Å². The summed E-state index contributed by atoms with van der Waals surface area (Å²) >= 11 is 0. The minimum absolute atomic E-state index is 0.0178. The van der Waals surface area contributed by atoms with Crippen molar-refractivity contribution in [1.82, 2.24) is 4.90 Å². The third-order valence-electron chi connectivity index (χ3n) is 3.58. The van der Waals surface area contributed by atoms with Crippen LogP contribution in [0.1, 0.15) is 53.0 Å². The van der Waals surface area contributed by atoms with Crippen LogP contribution in [0.3, 0.4) is 0 Å². The molecule has 4 heteroatoms. The molecule has 0 spiro atoms. The van der Waals surface area contributed by atoms with E-state index in [1.54, 1.807) is 11.8 Å². The second-order valence-corrected chi connectivity index (χ2v) is 6.63. The van der Waals surface area contributed by atoms with Crippen molar-refractivity contribution in [3.8, 4) is 0 Å². The first kappa shape index (κ1) is 18.2. The first-order valence-electron chi connectivity index (χ1n) is 7.90. The lowest BCUT2D eigenvalue weighted by molar-refractivity contribution is -0.129. The molecule has 1 aromatic carbocycles. The molecule has 0 saturated heterocycles. The number of rotatable bonds is 6. The number of carbonyl (C=O) groups excluding carboxylic acids is 2. The zero-order valence-corrected chi connectivity index (χ0v) is 14.4. The number of anilines is 1. The number of amides is 2. The van der Waals surface area contributed by atoms with Crippen LogP contribution in [0.25, 0.3) is 0 Å². The maximum atomic E-state index is 12.0. The van der Waals surface area contributed by atoms with Crippen LogP contribution in [0.15, 0.2) is 24.3 Å². The molecule has 1 aromatic rings. The van der Waals surface area contributed by atoms with Gasteiger partial charge in [0, 0.05) is 32.1 Å². The Kier molecular flexibility index (Phi) is 6.60. The van der Waals surface area contributed by atoms with Gasteiger partial charge in [-0.05, 0) is 29.5 Å². The smallest absolute Gasteiger partial charge is 0.226 e. The average Bonchev–Trinajstić information content (AvgIpc) is 2.42. The van der Waals surface area contributed by atoms with Crippen molar-refractivity contribution in [3.63, 3.8) is 0 Å². The maximum absolute atomic E-state index is 12.0. The first-order valence-corrected chi connectivity index (χ1v) is 7.90. The molecule has 0 heterocycles. The van der Waals surface area contributed by atoms with Crippen LogP contribution in [0, 0.1) is 0 Å². The van der Waals surface area contributed by atoms with Gasteiger partial charge in [0.15, 0.2) is 0 Å². The predicted octanol–water partition coefficient (Wildman–Crippen LogP) is 3.57. The Morgan fingerprint density at radius 1 is 1.09 bits per heavy atom. The quantitative estimate of drug-likeness (QED) is 0.873. The van der Waals surface area contributed by atoms with E-state index in [1.807, 2.05) is 31.2 Å². The Balaban J connectivity index is 2.53. The van der Waals surface area contributed by atoms with Gasteiger partial charge in [-0.15, -0.1) is 0 Å². The molecule has 0 fully saturated rings. The molecule has 4 nitrogen and oxygen atoms in total. The zero-order valence-electron chi connectivity index (χ0n) is 14.4. The van der Waals surface area contributed by atoms with Gasteiger partial charge in [0.1, 0.15) is 0 Å². The summed E-state index contributed by atoms with van der Waals surface area (Å²) in [5, 5.41) is 2.88. The first-order chi connectivity index (χ1) is 10.2. The third-order valence-corrected chi connectivity index (χ3v) is 3.58. The number of nitrogens with one attached hydrogen (secondary N) is 1. The molecule has 1 rings (SSSR count). The summed E-state index contributed by atoms with van der Waals surface area (Å²) in [5.41, 5.74) is 2.13. The highest BCUT2D eigenvalue weighted by Crippen LogP contribution is 2.23. The van der Waals surface area contributed by atoms with Crippen molar-refractivity contribution in [3.05, 3.63) is 29.8 Å². The topological polar surface area (TPSA) is 49.4 Å². The Hall–Kier alpha value is -1.84. The van der Waals surface area contributed by atoms with Crippen LogP contribution < -0.4 is 5.32 Å². The van der Waals surface area contributed by atoms with E-state index in [2.05, 4.69) is 26.1 Å². The van der Waals surface area contributed by atoms with Gasteiger partial charge in [-0.25, -0.2) is 0 Å². The van der Waals surface area contributed by atoms with E-state index in [0.717, 1.165) is 12.1 Å². The van der Waals surface area contributed by atoms with Crippen LogP contribution in [0.4, 0.5) is 5.69 Å². The minimum atomic E-state index is -0.0640. The fourth-order valence-electron chi connectivity index (χ4n) is 2.21. The van der Waals surface area contributed by atoms with Gasteiger partial charge in [0.05, 0.1) is 0 Å². The molecule has 2 amide bonds. The molecule has 0 unspecified atom stereocenters. The molecule has 1 N–H and O–H groups in total. The van der Waals surface area contributed by atoms with Crippen LogP contribution in [0.2, 0.25) is 0 Å². The van der Waals surface area contributed by atoms with E-state index < -0.39 is 0 Å². The van der Waals surface area contributed by atoms with Crippen molar-refractivity contribution < 1.29 is 9.59 Å². The fourth-order valence-corrected chi connectivity index (χ4v) is 2.21. The second kappa shape index (κ2) is 7.97. The van der Waals surface area contributed by atoms with E-state index in [9.17, 15) is 9.59 Å². The molecule has 0 aliphatic rings. The van der Waals surface area contributed by atoms with E-state index in [4.69, 9.17) is 0 Å². The molecule has 22 heavy (non-hydrogen) atoms. The van der Waals surface area contributed by atoms with Crippen molar-refractivity contribution in [1.29, 1.82) is 0 Å². The van der Waals surface area contributed by atoms with E-state index >= 15 is 0 Å². The summed E-state index contributed by atoms with van der Waals surface area (Å²) in [6.07, 6.45) is 1.22. The maximum Gasteiger partial charge on any atom is 0.226 e. The summed E-state index contributed by atoms with van der Waals surface area (Å²) in [7, 11) is 0. The normalized spacial score (nSPS) is 11.1. The SMILES string of the molecule is CCCN(CCC(=O)Nc1ccc(C(C)(C)C)cc1)C(C)=O. The number of nitrogens with zero attached hydrogens (tertiary/aromatic N) is 1. The third kappa shape index (κ3) is 5.88. The van der Waals surface area contributed by atoms with Crippen LogP contribution in [-0.2, 0) is 15.0 Å². The molecule has 0 aliphatic heterocycles. The van der Waals surface area contributed by atoms with E-state index in [-0.39, 0.29) is 17.2 Å². The van der Waals surface area contributed by atoms with Crippen LogP contribution in [0.5, 0.6) is 0 Å². The van der Waals surface area contributed by atoms with E-state index in [1.165, 1.54) is 5.56 Å². The lowest BCUT2D eigenvalue weighted by atomic mass is 9.87. The van der Waals surface area contributed by atoms with Crippen molar-refractivity contribution in [2.75, 3.05) is 18.4 Å². The predicted molar refractivity (Wildman–Crippen MR) is 90.9 cm³/mol. The van der Waals surface area contributed by atoms with Gasteiger partial charge in [0.25, 0.3) is 0 Å². The Morgan fingerprint density at radius 2 is 1.68 bits per heavy atom. The zero-order chi connectivity index (χ0) is 16.8. The largest absolute Gasteiger partial charge is 0.342 e. The number of hydrogen-bond donors (Lipinski definition) is 1. The van der Waals surface area contributed by atoms with Crippen molar-refractivity contribution >= 4 is 17.5 Å². The number of hydrogen-bond acceptors (Lipinski definition) is 2. The molecule has 0 radical (unpaired) electrons.